The molecule has 0 bridgehead atoms. The molecule has 102 valence electrons. The SMILES string of the molecule is CN1C(=Cc2cccc3ccccc23)Sc2ccccc21. The zero-order chi connectivity index (χ0) is 14.2. The van der Waals surface area contributed by atoms with Crippen molar-refractivity contribution < 1.29 is 0 Å². The van der Waals surface area contributed by atoms with E-state index in [0.29, 0.717) is 0 Å². The van der Waals surface area contributed by atoms with Crippen LogP contribution in [0.4, 0.5) is 5.69 Å². The predicted octanol–water partition coefficient (Wildman–Crippen LogP) is 5.38. The van der Waals surface area contributed by atoms with Crippen molar-refractivity contribution >= 4 is 34.3 Å². The molecule has 1 nitrogen and oxygen atoms in total. The summed E-state index contributed by atoms with van der Waals surface area (Å²) in [6.07, 6.45) is 2.28. The van der Waals surface area contributed by atoms with E-state index in [1.165, 1.54) is 31.9 Å². The van der Waals surface area contributed by atoms with E-state index in [0.717, 1.165) is 0 Å². The first-order valence-corrected chi connectivity index (χ1v) is 7.85. The molecule has 0 fully saturated rings. The molecule has 1 heterocycles. The molecule has 0 aliphatic carbocycles. The van der Waals surface area contributed by atoms with Gasteiger partial charge in [0.1, 0.15) is 0 Å². The van der Waals surface area contributed by atoms with Gasteiger partial charge < -0.3 is 4.90 Å². The van der Waals surface area contributed by atoms with Gasteiger partial charge in [-0.15, -0.1) is 0 Å². The second-order valence-electron chi connectivity index (χ2n) is 5.18. The first-order valence-electron chi connectivity index (χ1n) is 7.03. The number of fused-ring (bicyclic) bond motifs is 2. The summed E-state index contributed by atoms with van der Waals surface area (Å²) < 4.78 is 0. The highest BCUT2D eigenvalue weighted by molar-refractivity contribution is 8.03. The van der Waals surface area contributed by atoms with Crippen molar-refractivity contribution in [3.05, 3.63) is 77.3 Å². The Bertz CT molecular complexity index is 846. The van der Waals surface area contributed by atoms with Gasteiger partial charge in [0.15, 0.2) is 0 Å². The zero-order valence-electron chi connectivity index (χ0n) is 11.8. The lowest BCUT2D eigenvalue weighted by molar-refractivity contribution is 1.18. The second kappa shape index (κ2) is 4.97. The van der Waals surface area contributed by atoms with Crippen molar-refractivity contribution in [2.24, 2.45) is 0 Å². The van der Waals surface area contributed by atoms with Crippen LogP contribution in [0, 0.1) is 0 Å². The van der Waals surface area contributed by atoms with Gasteiger partial charge >= 0.3 is 0 Å². The Balaban J connectivity index is 1.82. The molecule has 0 radical (unpaired) electrons. The summed E-state index contributed by atoms with van der Waals surface area (Å²) in [5.41, 5.74) is 2.56. The average molecular weight is 289 g/mol. The van der Waals surface area contributed by atoms with Gasteiger partial charge in [0.05, 0.1) is 10.7 Å². The molecule has 0 aromatic heterocycles. The molecule has 0 atom stereocenters. The van der Waals surface area contributed by atoms with Gasteiger partial charge in [-0.2, -0.15) is 0 Å². The van der Waals surface area contributed by atoms with Gasteiger partial charge in [0.25, 0.3) is 0 Å². The van der Waals surface area contributed by atoms with Crippen LogP contribution in [-0.2, 0) is 0 Å². The number of thioether (sulfide) groups is 1. The molecule has 0 spiro atoms. The highest BCUT2D eigenvalue weighted by atomic mass is 32.2. The molecule has 0 N–H and O–H groups in total. The van der Waals surface area contributed by atoms with E-state index >= 15 is 0 Å². The van der Waals surface area contributed by atoms with E-state index in [1.807, 2.05) is 11.8 Å². The summed E-state index contributed by atoms with van der Waals surface area (Å²) in [7, 11) is 2.13. The molecule has 0 saturated heterocycles. The summed E-state index contributed by atoms with van der Waals surface area (Å²) in [4.78, 5) is 3.59. The van der Waals surface area contributed by atoms with Crippen LogP contribution in [0.25, 0.3) is 16.8 Å². The first kappa shape index (κ1) is 12.5. The van der Waals surface area contributed by atoms with Crippen molar-refractivity contribution in [2.75, 3.05) is 11.9 Å². The lowest BCUT2D eigenvalue weighted by atomic mass is 10.0. The van der Waals surface area contributed by atoms with Gasteiger partial charge in [-0.25, -0.2) is 0 Å². The average Bonchev–Trinajstić information content (AvgIpc) is 2.85. The van der Waals surface area contributed by atoms with E-state index in [1.54, 1.807) is 0 Å². The summed E-state index contributed by atoms with van der Waals surface area (Å²) in [5, 5.41) is 3.86. The molecule has 3 aromatic carbocycles. The third-order valence-electron chi connectivity index (χ3n) is 3.87. The fourth-order valence-corrected chi connectivity index (χ4v) is 3.86. The number of hydrogen-bond donors (Lipinski definition) is 0. The maximum atomic E-state index is 2.28. The Morgan fingerprint density at radius 2 is 1.62 bits per heavy atom. The van der Waals surface area contributed by atoms with Crippen LogP contribution < -0.4 is 4.90 Å². The monoisotopic (exact) mass is 289 g/mol. The van der Waals surface area contributed by atoms with Crippen molar-refractivity contribution in [3.63, 3.8) is 0 Å². The number of rotatable bonds is 1. The molecule has 0 unspecified atom stereocenters. The minimum absolute atomic E-state index is 1.27. The number of benzene rings is 3. The van der Waals surface area contributed by atoms with Gasteiger partial charge in [-0.1, -0.05) is 66.4 Å². The zero-order valence-corrected chi connectivity index (χ0v) is 12.6. The lowest BCUT2D eigenvalue weighted by Crippen LogP contribution is -2.09. The minimum atomic E-state index is 1.27. The molecular weight excluding hydrogens is 274 g/mol. The highest BCUT2D eigenvalue weighted by Gasteiger charge is 2.21. The maximum Gasteiger partial charge on any atom is 0.0805 e. The third kappa shape index (κ3) is 2.12. The van der Waals surface area contributed by atoms with Crippen molar-refractivity contribution in [2.45, 2.75) is 4.90 Å². The highest BCUT2D eigenvalue weighted by Crippen LogP contribution is 2.45. The molecule has 1 aliphatic heterocycles. The molecule has 2 heteroatoms. The van der Waals surface area contributed by atoms with Crippen LogP contribution in [0.1, 0.15) is 5.56 Å². The summed E-state index contributed by atoms with van der Waals surface area (Å²) in [6.45, 7) is 0. The van der Waals surface area contributed by atoms with E-state index in [9.17, 15) is 0 Å². The summed E-state index contributed by atoms with van der Waals surface area (Å²) in [6, 6.07) is 23.6. The molecule has 1 aliphatic rings. The lowest BCUT2D eigenvalue weighted by Gasteiger charge is -2.13. The van der Waals surface area contributed by atoms with E-state index in [4.69, 9.17) is 0 Å². The Morgan fingerprint density at radius 3 is 2.52 bits per heavy atom. The number of hydrogen-bond acceptors (Lipinski definition) is 2. The number of para-hydroxylation sites is 1. The van der Waals surface area contributed by atoms with E-state index in [-0.39, 0.29) is 0 Å². The topological polar surface area (TPSA) is 3.24 Å². The number of nitrogens with zero attached hydrogens (tertiary/aromatic N) is 1. The molecule has 3 aromatic rings. The van der Waals surface area contributed by atoms with Crippen LogP contribution >= 0.6 is 11.8 Å². The van der Waals surface area contributed by atoms with Gasteiger partial charge in [-0.05, 0) is 34.5 Å². The van der Waals surface area contributed by atoms with Crippen LogP contribution in [0.5, 0.6) is 0 Å². The van der Waals surface area contributed by atoms with Crippen LogP contribution in [-0.4, -0.2) is 7.05 Å². The van der Waals surface area contributed by atoms with Gasteiger partial charge in [0.2, 0.25) is 0 Å². The molecule has 21 heavy (non-hydrogen) atoms. The first-order chi connectivity index (χ1) is 10.3. The van der Waals surface area contributed by atoms with Crippen molar-refractivity contribution in [3.8, 4) is 0 Å². The molecular formula is C19H15NS. The largest absolute Gasteiger partial charge is 0.338 e. The molecule has 0 saturated carbocycles. The number of anilines is 1. The van der Waals surface area contributed by atoms with Crippen LogP contribution in [0.15, 0.2) is 76.7 Å². The normalized spacial score (nSPS) is 15.7. The minimum Gasteiger partial charge on any atom is -0.338 e. The van der Waals surface area contributed by atoms with E-state index in [2.05, 4.69) is 84.8 Å². The Hall–Kier alpha value is -2.19. The smallest absolute Gasteiger partial charge is 0.0805 e. The Morgan fingerprint density at radius 1 is 0.857 bits per heavy atom. The van der Waals surface area contributed by atoms with Crippen molar-refractivity contribution in [1.82, 2.24) is 0 Å². The van der Waals surface area contributed by atoms with Crippen LogP contribution in [0.3, 0.4) is 0 Å². The predicted molar refractivity (Wildman–Crippen MR) is 92.6 cm³/mol. The fourth-order valence-electron chi connectivity index (χ4n) is 2.76. The quantitative estimate of drug-likeness (QED) is 0.591. The fraction of sp³-hybridized carbons (Fsp3) is 0.0526. The molecule has 0 amide bonds. The Kier molecular flexibility index (Phi) is 2.97. The third-order valence-corrected chi connectivity index (χ3v) is 5.04. The second-order valence-corrected chi connectivity index (χ2v) is 6.24. The standard InChI is InChI=1S/C19H15NS/c1-20-17-11-4-5-12-18(17)21-19(20)13-15-9-6-8-14-7-2-3-10-16(14)15/h2-13H,1H3. The van der Waals surface area contributed by atoms with Gasteiger partial charge in [-0.3, -0.25) is 0 Å². The molecule has 4 rings (SSSR count). The van der Waals surface area contributed by atoms with Crippen LogP contribution in [0.2, 0.25) is 0 Å². The summed E-state index contributed by atoms with van der Waals surface area (Å²) >= 11 is 1.83. The van der Waals surface area contributed by atoms with Gasteiger partial charge in [0, 0.05) is 11.9 Å². The maximum absolute atomic E-state index is 2.28. The Labute approximate surface area is 128 Å². The van der Waals surface area contributed by atoms with E-state index < -0.39 is 0 Å². The summed E-state index contributed by atoms with van der Waals surface area (Å²) in [5.74, 6) is 0. The van der Waals surface area contributed by atoms with Crippen molar-refractivity contribution in [1.29, 1.82) is 0 Å².